The summed E-state index contributed by atoms with van der Waals surface area (Å²) >= 11 is 0. The molecule has 116 valence electrons. The van der Waals surface area contributed by atoms with E-state index in [1.54, 1.807) is 6.33 Å². The van der Waals surface area contributed by atoms with E-state index in [-0.39, 0.29) is 23.3 Å². The number of hydrogen-bond donors (Lipinski definition) is 1. The fourth-order valence-corrected chi connectivity index (χ4v) is 2.63. The predicted octanol–water partition coefficient (Wildman–Crippen LogP) is 1.78. The molecule has 0 aliphatic heterocycles. The molecule has 0 bridgehead atoms. The summed E-state index contributed by atoms with van der Waals surface area (Å²) in [4.78, 5) is 12.0. The zero-order chi connectivity index (χ0) is 15.7. The van der Waals surface area contributed by atoms with E-state index in [1.165, 1.54) is 18.2 Å². The summed E-state index contributed by atoms with van der Waals surface area (Å²) in [7, 11) is 0. The van der Waals surface area contributed by atoms with Gasteiger partial charge in [-0.15, -0.1) is 10.2 Å². The topological polar surface area (TPSA) is 59.8 Å². The third-order valence-corrected chi connectivity index (χ3v) is 3.96. The van der Waals surface area contributed by atoms with Crippen molar-refractivity contribution in [2.75, 3.05) is 6.54 Å². The highest BCUT2D eigenvalue weighted by Gasteiger charge is 2.46. The molecule has 1 fully saturated rings. The van der Waals surface area contributed by atoms with E-state index in [1.807, 2.05) is 11.5 Å². The number of carbonyl (C=O) groups excluding carboxylic acids is 1. The van der Waals surface area contributed by atoms with Gasteiger partial charge in [0.1, 0.15) is 23.8 Å². The number of aryl methyl sites for hydroxylation is 1. The lowest BCUT2D eigenvalue weighted by molar-refractivity contribution is -0.122. The highest BCUT2D eigenvalue weighted by molar-refractivity contribution is 5.82. The number of nitrogens with one attached hydrogen (secondary N) is 1. The van der Waals surface area contributed by atoms with E-state index in [0.717, 1.165) is 5.82 Å². The minimum atomic E-state index is -0.583. The molecular weight excluding hydrogens is 290 g/mol. The SMILES string of the molecule is Cc1nncn1CCNC(=O)[C@H]1C[C@H]1c1c(F)cccc1F. The highest BCUT2D eigenvalue weighted by atomic mass is 19.1. The Morgan fingerprint density at radius 3 is 2.77 bits per heavy atom. The lowest BCUT2D eigenvalue weighted by atomic mass is 10.1. The molecule has 1 aromatic heterocycles. The molecule has 1 N–H and O–H groups in total. The first-order chi connectivity index (χ1) is 10.6. The molecule has 0 spiro atoms. The molecule has 2 aromatic rings. The van der Waals surface area contributed by atoms with E-state index in [9.17, 15) is 13.6 Å². The van der Waals surface area contributed by atoms with Gasteiger partial charge >= 0.3 is 0 Å². The van der Waals surface area contributed by atoms with Crippen LogP contribution in [0.2, 0.25) is 0 Å². The number of hydrogen-bond acceptors (Lipinski definition) is 3. The van der Waals surface area contributed by atoms with Gasteiger partial charge in [0, 0.05) is 30.5 Å². The smallest absolute Gasteiger partial charge is 0.223 e. The maximum absolute atomic E-state index is 13.7. The van der Waals surface area contributed by atoms with Gasteiger partial charge < -0.3 is 9.88 Å². The van der Waals surface area contributed by atoms with Crippen LogP contribution in [0.3, 0.4) is 0 Å². The van der Waals surface area contributed by atoms with Gasteiger partial charge in [-0.2, -0.15) is 0 Å². The van der Waals surface area contributed by atoms with Gasteiger partial charge in [0.15, 0.2) is 0 Å². The molecule has 0 saturated heterocycles. The number of carbonyl (C=O) groups is 1. The van der Waals surface area contributed by atoms with Crippen molar-refractivity contribution in [3.8, 4) is 0 Å². The second kappa shape index (κ2) is 5.82. The van der Waals surface area contributed by atoms with Crippen LogP contribution in [0, 0.1) is 24.5 Å². The van der Waals surface area contributed by atoms with Crippen molar-refractivity contribution in [1.82, 2.24) is 20.1 Å². The van der Waals surface area contributed by atoms with E-state index in [0.29, 0.717) is 19.5 Å². The Balaban J connectivity index is 1.54. The van der Waals surface area contributed by atoms with Gasteiger partial charge in [0.2, 0.25) is 5.91 Å². The van der Waals surface area contributed by atoms with Crippen LogP contribution >= 0.6 is 0 Å². The number of benzene rings is 1. The number of aromatic nitrogens is 3. The van der Waals surface area contributed by atoms with Crippen molar-refractivity contribution >= 4 is 5.91 Å². The minimum Gasteiger partial charge on any atom is -0.354 e. The van der Waals surface area contributed by atoms with Crippen LogP contribution in [0.15, 0.2) is 24.5 Å². The van der Waals surface area contributed by atoms with Gasteiger partial charge in [-0.25, -0.2) is 8.78 Å². The molecule has 3 rings (SSSR count). The normalized spacial score (nSPS) is 20.0. The lowest BCUT2D eigenvalue weighted by Crippen LogP contribution is -2.29. The molecule has 1 saturated carbocycles. The molecule has 0 radical (unpaired) electrons. The van der Waals surface area contributed by atoms with Crippen molar-refractivity contribution in [3.63, 3.8) is 0 Å². The minimum absolute atomic E-state index is 0.0253. The number of nitrogens with zero attached hydrogens (tertiary/aromatic N) is 3. The van der Waals surface area contributed by atoms with Crippen LogP contribution in [0.25, 0.3) is 0 Å². The Morgan fingerprint density at radius 1 is 1.41 bits per heavy atom. The summed E-state index contributed by atoms with van der Waals surface area (Å²) in [6.07, 6.45) is 2.07. The molecule has 2 atom stereocenters. The molecule has 7 heteroatoms. The Morgan fingerprint density at radius 2 is 2.14 bits per heavy atom. The zero-order valence-electron chi connectivity index (χ0n) is 12.1. The first-order valence-corrected chi connectivity index (χ1v) is 7.14. The molecule has 1 aliphatic rings. The molecule has 22 heavy (non-hydrogen) atoms. The quantitative estimate of drug-likeness (QED) is 0.916. The van der Waals surface area contributed by atoms with Crippen molar-refractivity contribution in [2.45, 2.75) is 25.8 Å². The second-order valence-electron chi connectivity index (χ2n) is 5.45. The average Bonchev–Trinajstić information content (AvgIpc) is 3.15. The average molecular weight is 306 g/mol. The third-order valence-electron chi connectivity index (χ3n) is 3.96. The highest BCUT2D eigenvalue weighted by Crippen LogP contribution is 2.49. The number of rotatable bonds is 5. The van der Waals surface area contributed by atoms with Crippen molar-refractivity contribution < 1.29 is 13.6 Å². The molecule has 1 heterocycles. The first kappa shape index (κ1) is 14.6. The van der Waals surface area contributed by atoms with Crippen molar-refractivity contribution in [2.24, 2.45) is 5.92 Å². The standard InChI is InChI=1S/C15H16F2N4O/c1-9-20-19-8-21(9)6-5-18-15(22)11-7-10(11)14-12(16)3-2-4-13(14)17/h2-4,8,10-11H,5-7H2,1H3,(H,18,22)/t10-,11+/m1/s1. The Labute approximate surface area is 126 Å². The largest absolute Gasteiger partial charge is 0.354 e. The fraction of sp³-hybridized carbons (Fsp3) is 0.400. The van der Waals surface area contributed by atoms with Gasteiger partial charge in [0.25, 0.3) is 0 Å². The van der Waals surface area contributed by atoms with E-state index < -0.39 is 11.6 Å². The van der Waals surface area contributed by atoms with Crippen LogP contribution in [0.5, 0.6) is 0 Å². The van der Waals surface area contributed by atoms with E-state index in [4.69, 9.17) is 0 Å². The Kier molecular flexibility index (Phi) is 3.87. The first-order valence-electron chi connectivity index (χ1n) is 7.14. The zero-order valence-corrected chi connectivity index (χ0v) is 12.1. The van der Waals surface area contributed by atoms with Crippen LogP contribution in [-0.4, -0.2) is 27.2 Å². The summed E-state index contributed by atoms with van der Waals surface area (Å²) in [5.41, 5.74) is 0.0253. The fourth-order valence-electron chi connectivity index (χ4n) is 2.63. The van der Waals surface area contributed by atoms with Gasteiger partial charge in [-0.3, -0.25) is 4.79 Å². The molecule has 1 aromatic carbocycles. The van der Waals surface area contributed by atoms with E-state index >= 15 is 0 Å². The molecule has 1 amide bonds. The molecule has 0 unspecified atom stereocenters. The monoisotopic (exact) mass is 306 g/mol. The summed E-state index contributed by atoms with van der Waals surface area (Å²) in [6, 6.07) is 3.77. The maximum atomic E-state index is 13.7. The summed E-state index contributed by atoms with van der Waals surface area (Å²) in [6.45, 7) is 2.82. The van der Waals surface area contributed by atoms with Crippen LogP contribution in [0.4, 0.5) is 8.78 Å². The van der Waals surface area contributed by atoms with E-state index in [2.05, 4.69) is 15.5 Å². The second-order valence-corrected chi connectivity index (χ2v) is 5.45. The lowest BCUT2D eigenvalue weighted by Gasteiger charge is -2.07. The summed E-state index contributed by atoms with van der Waals surface area (Å²) in [5.74, 6) is -1.28. The van der Waals surface area contributed by atoms with Gasteiger partial charge in [0.05, 0.1) is 0 Å². The Hall–Kier alpha value is -2.31. The molecule has 5 nitrogen and oxygen atoms in total. The predicted molar refractivity (Wildman–Crippen MR) is 75.0 cm³/mol. The molecule has 1 aliphatic carbocycles. The van der Waals surface area contributed by atoms with Gasteiger partial charge in [-0.1, -0.05) is 6.07 Å². The van der Waals surface area contributed by atoms with Crippen LogP contribution < -0.4 is 5.32 Å². The van der Waals surface area contributed by atoms with Crippen molar-refractivity contribution in [1.29, 1.82) is 0 Å². The summed E-state index contributed by atoms with van der Waals surface area (Å²) in [5, 5.41) is 10.4. The number of halogens is 2. The van der Waals surface area contributed by atoms with Crippen molar-refractivity contribution in [3.05, 3.63) is 47.5 Å². The maximum Gasteiger partial charge on any atom is 0.223 e. The van der Waals surface area contributed by atoms with Crippen LogP contribution in [-0.2, 0) is 11.3 Å². The summed E-state index contributed by atoms with van der Waals surface area (Å²) < 4.78 is 29.2. The molecular formula is C15H16F2N4O. The third kappa shape index (κ3) is 2.84. The number of amides is 1. The van der Waals surface area contributed by atoms with Gasteiger partial charge in [-0.05, 0) is 25.5 Å². The van der Waals surface area contributed by atoms with Crippen LogP contribution in [0.1, 0.15) is 23.7 Å². The Bertz CT molecular complexity index is 680.